The number of carbonyl (C=O) groups excluding carboxylic acids is 1. The second kappa shape index (κ2) is 8.06. The first-order valence-corrected chi connectivity index (χ1v) is 5.14. The van der Waals surface area contributed by atoms with E-state index in [1.165, 1.54) is 0 Å². The first-order chi connectivity index (χ1) is 7.45. The number of carboxylic acids is 1. The van der Waals surface area contributed by atoms with Gasteiger partial charge >= 0.3 is 5.97 Å². The lowest BCUT2D eigenvalue weighted by Gasteiger charge is -2.17. The van der Waals surface area contributed by atoms with Gasteiger partial charge in [0.2, 0.25) is 5.91 Å². The van der Waals surface area contributed by atoms with Crippen molar-refractivity contribution in [1.29, 1.82) is 0 Å². The fourth-order valence-corrected chi connectivity index (χ4v) is 1.22. The van der Waals surface area contributed by atoms with Crippen LogP contribution in [0, 0.1) is 0 Å². The minimum absolute atomic E-state index is 0.0367. The van der Waals surface area contributed by atoms with Gasteiger partial charge in [-0.05, 0) is 14.0 Å². The van der Waals surface area contributed by atoms with Crippen molar-refractivity contribution in [3.05, 3.63) is 0 Å². The maximum Gasteiger partial charge on any atom is 0.304 e. The Morgan fingerprint density at radius 1 is 1.50 bits per heavy atom. The fourth-order valence-electron chi connectivity index (χ4n) is 1.22. The first-order valence-electron chi connectivity index (χ1n) is 5.14. The molecule has 2 N–H and O–H groups in total. The number of aliphatic carboxylic acids is 1. The molecule has 0 fully saturated rings. The SMILES string of the molecule is COCC(C)NC(=O)CN(C)CCC(=O)O. The van der Waals surface area contributed by atoms with Crippen molar-refractivity contribution in [2.75, 3.05) is 33.9 Å². The van der Waals surface area contributed by atoms with Crippen LogP contribution in [-0.4, -0.2) is 61.8 Å². The summed E-state index contributed by atoms with van der Waals surface area (Å²) in [7, 11) is 3.28. The first kappa shape index (κ1) is 14.9. The van der Waals surface area contributed by atoms with Gasteiger partial charge in [-0.25, -0.2) is 0 Å². The molecule has 0 saturated heterocycles. The minimum Gasteiger partial charge on any atom is -0.481 e. The smallest absolute Gasteiger partial charge is 0.304 e. The van der Waals surface area contributed by atoms with Gasteiger partial charge in [0.05, 0.1) is 19.6 Å². The Kier molecular flexibility index (Phi) is 7.49. The highest BCUT2D eigenvalue weighted by Gasteiger charge is 2.10. The van der Waals surface area contributed by atoms with Gasteiger partial charge in [0, 0.05) is 19.7 Å². The van der Waals surface area contributed by atoms with Crippen LogP contribution < -0.4 is 5.32 Å². The lowest BCUT2D eigenvalue weighted by molar-refractivity contribution is -0.137. The van der Waals surface area contributed by atoms with Crippen LogP contribution in [0.3, 0.4) is 0 Å². The molecular formula is C10H20N2O4. The molecule has 16 heavy (non-hydrogen) atoms. The van der Waals surface area contributed by atoms with E-state index in [0.717, 1.165) is 0 Å². The van der Waals surface area contributed by atoms with E-state index in [1.54, 1.807) is 19.1 Å². The maximum absolute atomic E-state index is 11.4. The van der Waals surface area contributed by atoms with Crippen LogP contribution >= 0.6 is 0 Å². The largest absolute Gasteiger partial charge is 0.481 e. The summed E-state index contributed by atoms with van der Waals surface area (Å²) in [6.45, 7) is 2.87. The highest BCUT2D eigenvalue weighted by molar-refractivity contribution is 5.78. The van der Waals surface area contributed by atoms with E-state index in [9.17, 15) is 9.59 Å². The molecule has 0 radical (unpaired) electrons. The quantitative estimate of drug-likeness (QED) is 0.592. The number of methoxy groups -OCH3 is 1. The van der Waals surface area contributed by atoms with Crippen molar-refractivity contribution >= 4 is 11.9 Å². The number of ether oxygens (including phenoxy) is 1. The summed E-state index contributed by atoms with van der Waals surface area (Å²) >= 11 is 0. The molecule has 6 nitrogen and oxygen atoms in total. The Morgan fingerprint density at radius 3 is 2.62 bits per heavy atom. The molecule has 0 heterocycles. The summed E-state index contributed by atoms with van der Waals surface area (Å²) in [6.07, 6.45) is 0.0391. The van der Waals surface area contributed by atoms with E-state index in [0.29, 0.717) is 13.2 Å². The summed E-state index contributed by atoms with van der Waals surface area (Å²) in [5.74, 6) is -0.988. The Bertz CT molecular complexity index is 233. The van der Waals surface area contributed by atoms with Gasteiger partial charge < -0.3 is 15.2 Å². The Hall–Kier alpha value is -1.14. The number of amides is 1. The molecule has 94 valence electrons. The summed E-state index contributed by atoms with van der Waals surface area (Å²) in [5.41, 5.74) is 0. The lowest BCUT2D eigenvalue weighted by atomic mass is 10.3. The van der Waals surface area contributed by atoms with E-state index in [-0.39, 0.29) is 24.9 Å². The molecule has 6 heteroatoms. The third-order valence-electron chi connectivity index (χ3n) is 1.94. The van der Waals surface area contributed by atoms with Crippen molar-refractivity contribution < 1.29 is 19.4 Å². The molecular weight excluding hydrogens is 212 g/mol. The van der Waals surface area contributed by atoms with Gasteiger partial charge in [0.15, 0.2) is 0 Å². The van der Waals surface area contributed by atoms with E-state index in [4.69, 9.17) is 9.84 Å². The molecule has 0 aromatic heterocycles. The zero-order chi connectivity index (χ0) is 12.6. The molecule has 0 saturated carbocycles. The number of rotatable bonds is 8. The average molecular weight is 232 g/mol. The summed E-state index contributed by atoms with van der Waals surface area (Å²) in [5, 5.41) is 11.2. The van der Waals surface area contributed by atoms with Crippen molar-refractivity contribution in [3.63, 3.8) is 0 Å². The summed E-state index contributed by atoms with van der Waals surface area (Å²) < 4.78 is 4.88. The summed E-state index contributed by atoms with van der Waals surface area (Å²) in [4.78, 5) is 23.4. The average Bonchev–Trinajstić information content (AvgIpc) is 2.14. The van der Waals surface area contributed by atoms with E-state index < -0.39 is 5.97 Å². The van der Waals surface area contributed by atoms with E-state index in [1.807, 2.05) is 6.92 Å². The minimum atomic E-state index is -0.861. The topological polar surface area (TPSA) is 78.9 Å². The third-order valence-corrected chi connectivity index (χ3v) is 1.94. The molecule has 0 spiro atoms. The van der Waals surface area contributed by atoms with Crippen molar-refractivity contribution in [2.24, 2.45) is 0 Å². The van der Waals surface area contributed by atoms with E-state index in [2.05, 4.69) is 5.32 Å². The molecule has 0 aliphatic rings. The maximum atomic E-state index is 11.4. The van der Waals surface area contributed by atoms with Gasteiger partial charge in [0.1, 0.15) is 0 Å². The number of nitrogens with zero attached hydrogens (tertiary/aromatic N) is 1. The van der Waals surface area contributed by atoms with Crippen molar-refractivity contribution in [1.82, 2.24) is 10.2 Å². The van der Waals surface area contributed by atoms with Gasteiger partial charge in [-0.2, -0.15) is 0 Å². The van der Waals surface area contributed by atoms with Crippen molar-refractivity contribution in [2.45, 2.75) is 19.4 Å². The Balaban J connectivity index is 3.73. The number of hydrogen-bond donors (Lipinski definition) is 2. The molecule has 0 rings (SSSR count). The number of nitrogens with one attached hydrogen (secondary N) is 1. The normalized spacial score (nSPS) is 12.5. The molecule has 0 bridgehead atoms. The van der Waals surface area contributed by atoms with E-state index >= 15 is 0 Å². The fraction of sp³-hybridized carbons (Fsp3) is 0.800. The van der Waals surface area contributed by atoms with Crippen molar-refractivity contribution in [3.8, 4) is 0 Å². The number of likely N-dealkylation sites (N-methyl/N-ethyl adjacent to an activating group) is 1. The Morgan fingerprint density at radius 2 is 2.12 bits per heavy atom. The van der Waals surface area contributed by atoms with Crippen LogP contribution in [0.4, 0.5) is 0 Å². The Labute approximate surface area is 95.6 Å². The predicted octanol–water partition coefficient (Wildman–Crippen LogP) is -0.456. The van der Waals surface area contributed by atoms with Gasteiger partial charge in [-0.1, -0.05) is 0 Å². The second-order valence-corrected chi connectivity index (χ2v) is 3.81. The molecule has 1 amide bonds. The number of carboxylic acid groups (broad SMARTS) is 1. The molecule has 0 aromatic rings. The van der Waals surface area contributed by atoms with Crippen LogP contribution in [0.5, 0.6) is 0 Å². The summed E-state index contributed by atoms with van der Waals surface area (Å²) in [6, 6.07) is -0.0367. The highest BCUT2D eigenvalue weighted by Crippen LogP contribution is 1.89. The second-order valence-electron chi connectivity index (χ2n) is 3.81. The van der Waals surface area contributed by atoms with Gasteiger partial charge in [-0.3, -0.25) is 14.5 Å². The zero-order valence-electron chi connectivity index (χ0n) is 10.0. The van der Waals surface area contributed by atoms with Crippen LogP contribution in [0.15, 0.2) is 0 Å². The molecule has 0 aromatic carbocycles. The zero-order valence-corrected chi connectivity index (χ0v) is 10.0. The molecule has 0 aliphatic heterocycles. The highest BCUT2D eigenvalue weighted by atomic mass is 16.5. The standard InChI is InChI=1S/C10H20N2O4/c1-8(7-16-3)11-9(13)6-12(2)5-4-10(14)15/h8H,4-7H2,1-3H3,(H,11,13)(H,14,15). The van der Waals surface area contributed by atoms with Crippen LogP contribution in [0.25, 0.3) is 0 Å². The molecule has 0 aliphatic carbocycles. The lowest BCUT2D eigenvalue weighted by Crippen LogP contribution is -2.41. The molecule has 1 atom stereocenters. The van der Waals surface area contributed by atoms with Crippen LogP contribution in [0.2, 0.25) is 0 Å². The van der Waals surface area contributed by atoms with Gasteiger partial charge in [0.25, 0.3) is 0 Å². The van der Waals surface area contributed by atoms with Crippen LogP contribution in [0.1, 0.15) is 13.3 Å². The van der Waals surface area contributed by atoms with Gasteiger partial charge in [-0.15, -0.1) is 0 Å². The van der Waals surface area contributed by atoms with Crippen LogP contribution in [-0.2, 0) is 14.3 Å². The molecule has 1 unspecified atom stereocenters. The number of hydrogen-bond acceptors (Lipinski definition) is 4. The number of carbonyl (C=O) groups is 2. The monoisotopic (exact) mass is 232 g/mol. The third kappa shape index (κ3) is 8.19. The predicted molar refractivity (Wildman–Crippen MR) is 59.2 cm³/mol.